The van der Waals surface area contributed by atoms with Crippen LogP contribution >= 0.6 is 0 Å². The summed E-state index contributed by atoms with van der Waals surface area (Å²) in [5.41, 5.74) is 0.854. The number of rotatable bonds is 2. The summed E-state index contributed by atoms with van der Waals surface area (Å²) in [4.78, 5) is 12.8. The highest BCUT2D eigenvalue weighted by atomic mass is 16.5. The quantitative estimate of drug-likeness (QED) is 0.688. The van der Waals surface area contributed by atoms with Gasteiger partial charge in [-0.25, -0.2) is 15.0 Å². The number of aryl methyl sites for hydroxylation is 1. The molecule has 0 bridgehead atoms. The van der Waals surface area contributed by atoms with Crippen LogP contribution < -0.4 is 4.74 Å². The van der Waals surface area contributed by atoms with Crippen LogP contribution in [0, 0.1) is 6.92 Å². The SMILES string of the molecule is COc1ccc2c(-n3ccnc3C)ncnc2c1. The maximum Gasteiger partial charge on any atom is 0.149 e. The lowest BCUT2D eigenvalue weighted by atomic mass is 10.2. The number of ether oxygens (including phenoxy) is 1. The molecule has 0 saturated heterocycles. The summed E-state index contributed by atoms with van der Waals surface area (Å²) in [6.45, 7) is 1.94. The minimum Gasteiger partial charge on any atom is -0.497 e. The second-order valence-electron chi connectivity index (χ2n) is 3.92. The lowest BCUT2D eigenvalue weighted by Gasteiger charge is -2.08. The summed E-state index contributed by atoms with van der Waals surface area (Å²) in [6, 6.07) is 5.76. The van der Waals surface area contributed by atoms with Crippen LogP contribution in [-0.2, 0) is 0 Å². The van der Waals surface area contributed by atoms with Gasteiger partial charge in [-0.3, -0.25) is 4.57 Å². The molecule has 0 aliphatic carbocycles. The van der Waals surface area contributed by atoms with Gasteiger partial charge in [0.05, 0.1) is 12.6 Å². The molecule has 18 heavy (non-hydrogen) atoms. The highest BCUT2D eigenvalue weighted by Crippen LogP contribution is 2.23. The standard InChI is InChI=1S/C13H12N4O/c1-9-14-5-6-17(9)13-11-4-3-10(18-2)7-12(11)15-8-16-13/h3-8H,1-2H3. The summed E-state index contributed by atoms with van der Waals surface area (Å²) >= 11 is 0. The Hall–Kier alpha value is -2.43. The zero-order chi connectivity index (χ0) is 12.5. The van der Waals surface area contributed by atoms with Crippen molar-refractivity contribution in [1.29, 1.82) is 0 Å². The third kappa shape index (κ3) is 1.60. The van der Waals surface area contributed by atoms with E-state index in [0.717, 1.165) is 28.3 Å². The molecule has 0 amide bonds. The molecule has 5 heteroatoms. The molecule has 0 unspecified atom stereocenters. The topological polar surface area (TPSA) is 52.8 Å². The van der Waals surface area contributed by atoms with Crippen LogP contribution in [0.4, 0.5) is 0 Å². The molecule has 3 rings (SSSR count). The molecule has 0 aliphatic rings. The van der Waals surface area contributed by atoms with Gasteiger partial charge in [0.1, 0.15) is 23.7 Å². The Kier molecular flexibility index (Phi) is 2.44. The Morgan fingerprint density at radius 2 is 2.06 bits per heavy atom. The summed E-state index contributed by atoms with van der Waals surface area (Å²) in [5.74, 6) is 2.51. The van der Waals surface area contributed by atoms with E-state index in [2.05, 4.69) is 15.0 Å². The van der Waals surface area contributed by atoms with E-state index in [1.165, 1.54) is 0 Å². The van der Waals surface area contributed by atoms with Crippen LogP contribution in [0.5, 0.6) is 5.75 Å². The van der Waals surface area contributed by atoms with Crippen LogP contribution in [0.2, 0.25) is 0 Å². The van der Waals surface area contributed by atoms with Crippen molar-refractivity contribution < 1.29 is 4.74 Å². The normalized spacial score (nSPS) is 10.8. The lowest BCUT2D eigenvalue weighted by Crippen LogP contribution is -2.00. The Bertz CT molecular complexity index is 705. The van der Waals surface area contributed by atoms with Crippen molar-refractivity contribution in [3.8, 4) is 11.6 Å². The predicted molar refractivity (Wildman–Crippen MR) is 67.9 cm³/mol. The van der Waals surface area contributed by atoms with Crippen molar-refractivity contribution in [3.63, 3.8) is 0 Å². The number of methoxy groups -OCH3 is 1. The maximum atomic E-state index is 5.20. The molecule has 0 aliphatic heterocycles. The number of aromatic nitrogens is 4. The van der Waals surface area contributed by atoms with Crippen LogP contribution in [0.1, 0.15) is 5.82 Å². The lowest BCUT2D eigenvalue weighted by molar-refractivity contribution is 0.415. The van der Waals surface area contributed by atoms with Gasteiger partial charge in [0, 0.05) is 23.8 Å². The van der Waals surface area contributed by atoms with E-state index < -0.39 is 0 Å². The minimum absolute atomic E-state index is 0.787. The van der Waals surface area contributed by atoms with Crippen molar-refractivity contribution in [2.45, 2.75) is 6.92 Å². The first-order valence-electron chi connectivity index (χ1n) is 5.58. The van der Waals surface area contributed by atoms with Crippen molar-refractivity contribution in [2.75, 3.05) is 7.11 Å². The number of fused-ring (bicyclic) bond motifs is 1. The van der Waals surface area contributed by atoms with E-state index in [9.17, 15) is 0 Å². The first-order valence-corrected chi connectivity index (χ1v) is 5.58. The molecular weight excluding hydrogens is 228 g/mol. The molecule has 2 heterocycles. The molecule has 0 fully saturated rings. The Morgan fingerprint density at radius 1 is 1.17 bits per heavy atom. The van der Waals surface area contributed by atoms with Gasteiger partial charge in [-0.05, 0) is 19.1 Å². The third-order valence-corrected chi connectivity index (χ3v) is 2.88. The maximum absolute atomic E-state index is 5.20. The van der Waals surface area contributed by atoms with Crippen LogP contribution in [-0.4, -0.2) is 26.6 Å². The fourth-order valence-corrected chi connectivity index (χ4v) is 1.94. The van der Waals surface area contributed by atoms with Gasteiger partial charge in [0.25, 0.3) is 0 Å². The number of imidazole rings is 1. The molecule has 1 aromatic carbocycles. The summed E-state index contributed by atoms with van der Waals surface area (Å²) < 4.78 is 7.14. The molecule has 0 spiro atoms. The van der Waals surface area contributed by atoms with Gasteiger partial charge in [-0.2, -0.15) is 0 Å². The number of benzene rings is 1. The Labute approximate surface area is 104 Å². The van der Waals surface area contributed by atoms with E-state index in [4.69, 9.17) is 4.74 Å². The average Bonchev–Trinajstić information content (AvgIpc) is 2.83. The van der Waals surface area contributed by atoms with Gasteiger partial charge in [-0.15, -0.1) is 0 Å². The molecule has 0 radical (unpaired) electrons. The zero-order valence-corrected chi connectivity index (χ0v) is 10.2. The summed E-state index contributed by atoms with van der Waals surface area (Å²) in [6.07, 6.45) is 5.20. The summed E-state index contributed by atoms with van der Waals surface area (Å²) in [7, 11) is 1.64. The van der Waals surface area contributed by atoms with Gasteiger partial charge in [0.2, 0.25) is 0 Å². The first-order chi connectivity index (χ1) is 8.79. The average molecular weight is 240 g/mol. The van der Waals surface area contributed by atoms with Gasteiger partial charge < -0.3 is 4.74 Å². The van der Waals surface area contributed by atoms with Crippen molar-refractivity contribution in [3.05, 3.63) is 42.7 Å². The number of hydrogen-bond donors (Lipinski definition) is 0. The first kappa shape index (κ1) is 10.7. The molecular formula is C13H12N4O. The highest BCUT2D eigenvalue weighted by molar-refractivity contribution is 5.86. The Morgan fingerprint density at radius 3 is 2.78 bits per heavy atom. The zero-order valence-electron chi connectivity index (χ0n) is 10.2. The van der Waals surface area contributed by atoms with Crippen molar-refractivity contribution in [1.82, 2.24) is 19.5 Å². The number of hydrogen-bond acceptors (Lipinski definition) is 4. The smallest absolute Gasteiger partial charge is 0.149 e. The molecule has 0 atom stereocenters. The monoisotopic (exact) mass is 240 g/mol. The van der Waals surface area contributed by atoms with Crippen molar-refractivity contribution >= 4 is 10.9 Å². The summed E-state index contributed by atoms with van der Waals surface area (Å²) in [5, 5.41) is 0.972. The largest absolute Gasteiger partial charge is 0.497 e. The van der Waals surface area contributed by atoms with Crippen LogP contribution in [0.3, 0.4) is 0 Å². The van der Waals surface area contributed by atoms with Gasteiger partial charge in [-0.1, -0.05) is 0 Å². The number of nitrogens with zero attached hydrogens (tertiary/aromatic N) is 4. The molecule has 5 nitrogen and oxygen atoms in total. The van der Waals surface area contributed by atoms with Crippen LogP contribution in [0.25, 0.3) is 16.7 Å². The highest BCUT2D eigenvalue weighted by Gasteiger charge is 2.08. The molecule has 90 valence electrons. The van der Waals surface area contributed by atoms with E-state index in [1.807, 2.05) is 35.9 Å². The second-order valence-corrected chi connectivity index (χ2v) is 3.92. The molecule has 2 aromatic heterocycles. The van der Waals surface area contributed by atoms with E-state index in [0.29, 0.717) is 0 Å². The van der Waals surface area contributed by atoms with E-state index in [1.54, 1.807) is 19.6 Å². The van der Waals surface area contributed by atoms with E-state index in [-0.39, 0.29) is 0 Å². The molecule has 0 N–H and O–H groups in total. The Balaban J connectivity index is 2.28. The minimum atomic E-state index is 0.787. The fourth-order valence-electron chi connectivity index (χ4n) is 1.94. The van der Waals surface area contributed by atoms with E-state index >= 15 is 0 Å². The third-order valence-electron chi connectivity index (χ3n) is 2.88. The second kappa shape index (κ2) is 4.10. The molecule has 0 saturated carbocycles. The predicted octanol–water partition coefficient (Wildman–Crippen LogP) is 2.13. The van der Waals surface area contributed by atoms with Crippen LogP contribution in [0.15, 0.2) is 36.9 Å². The van der Waals surface area contributed by atoms with Gasteiger partial charge in [0.15, 0.2) is 0 Å². The fraction of sp³-hybridized carbons (Fsp3) is 0.154. The molecule has 3 aromatic rings. The van der Waals surface area contributed by atoms with Crippen molar-refractivity contribution in [2.24, 2.45) is 0 Å². The van der Waals surface area contributed by atoms with Gasteiger partial charge >= 0.3 is 0 Å².